The molecule has 0 saturated carbocycles. The monoisotopic (exact) mass is 220 g/mol. The fourth-order valence-electron chi connectivity index (χ4n) is 1.31. The number of hydrogen-bond acceptors (Lipinski definition) is 2. The predicted octanol–water partition coefficient (Wildman–Crippen LogP) is 1.47. The SMILES string of the molecule is CNC(=O)N(C)c1cccc(/C=C/CO)c1. The third-order valence-electron chi connectivity index (χ3n) is 2.19. The zero-order chi connectivity index (χ0) is 12.0. The first-order chi connectivity index (χ1) is 7.69. The van der Waals surface area contributed by atoms with Gasteiger partial charge in [0.25, 0.3) is 0 Å². The Labute approximate surface area is 95.2 Å². The van der Waals surface area contributed by atoms with Crippen LogP contribution in [0.5, 0.6) is 0 Å². The third kappa shape index (κ3) is 3.10. The Morgan fingerprint density at radius 3 is 2.94 bits per heavy atom. The standard InChI is InChI=1S/C12H16N2O2/c1-13-12(16)14(2)11-7-3-5-10(9-11)6-4-8-15/h3-7,9,15H,8H2,1-2H3,(H,13,16)/b6-4+. The van der Waals surface area contributed by atoms with E-state index in [4.69, 9.17) is 5.11 Å². The smallest absolute Gasteiger partial charge is 0.321 e. The maximum Gasteiger partial charge on any atom is 0.321 e. The fourth-order valence-corrected chi connectivity index (χ4v) is 1.31. The van der Waals surface area contributed by atoms with Crippen LogP contribution in [-0.4, -0.2) is 31.8 Å². The first-order valence-corrected chi connectivity index (χ1v) is 5.02. The third-order valence-corrected chi connectivity index (χ3v) is 2.19. The molecule has 0 aliphatic carbocycles. The summed E-state index contributed by atoms with van der Waals surface area (Å²) in [5.41, 5.74) is 1.75. The van der Waals surface area contributed by atoms with Gasteiger partial charge in [-0.05, 0) is 17.7 Å². The van der Waals surface area contributed by atoms with Gasteiger partial charge < -0.3 is 10.4 Å². The summed E-state index contributed by atoms with van der Waals surface area (Å²) >= 11 is 0. The van der Waals surface area contributed by atoms with Crippen molar-refractivity contribution in [3.8, 4) is 0 Å². The number of carbonyl (C=O) groups excluding carboxylic acids is 1. The molecule has 0 aliphatic rings. The van der Waals surface area contributed by atoms with Gasteiger partial charge in [-0.3, -0.25) is 4.90 Å². The second-order valence-electron chi connectivity index (χ2n) is 3.29. The van der Waals surface area contributed by atoms with Crippen molar-refractivity contribution < 1.29 is 9.90 Å². The molecule has 2 N–H and O–H groups in total. The zero-order valence-corrected chi connectivity index (χ0v) is 9.47. The molecule has 0 aliphatic heterocycles. The average Bonchev–Trinajstić information content (AvgIpc) is 2.34. The van der Waals surface area contributed by atoms with Crippen molar-refractivity contribution in [3.05, 3.63) is 35.9 Å². The number of rotatable bonds is 3. The minimum atomic E-state index is -0.164. The van der Waals surface area contributed by atoms with E-state index in [9.17, 15) is 4.79 Å². The predicted molar refractivity (Wildman–Crippen MR) is 65.4 cm³/mol. The van der Waals surface area contributed by atoms with Crippen molar-refractivity contribution in [2.24, 2.45) is 0 Å². The topological polar surface area (TPSA) is 52.6 Å². The molecule has 1 rings (SSSR count). The van der Waals surface area contributed by atoms with Gasteiger partial charge in [0.2, 0.25) is 0 Å². The summed E-state index contributed by atoms with van der Waals surface area (Å²) < 4.78 is 0. The van der Waals surface area contributed by atoms with Crippen LogP contribution in [0.25, 0.3) is 6.08 Å². The van der Waals surface area contributed by atoms with Crippen LogP contribution in [0.4, 0.5) is 10.5 Å². The van der Waals surface area contributed by atoms with Gasteiger partial charge in [0.15, 0.2) is 0 Å². The molecular weight excluding hydrogens is 204 g/mol. The van der Waals surface area contributed by atoms with Crippen molar-refractivity contribution in [2.75, 3.05) is 25.6 Å². The van der Waals surface area contributed by atoms with Crippen LogP contribution in [0, 0.1) is 0 Å². The van der Waals surface area contributed by atoms with Crippen LogP contribution in [0.1, 0.15) is 5.56 Å². The zero-order valence-electron chi connectivity index (χ0n) is 9.47. The molecule has 0 unspecified atom stereocenters. The summed E-state index contributed by atoms with van der Waals surface area (Å²) in [5, 5.41) is 11.2. The highest BCUT2D eigenvalue weighted by atomic mass is 16.2. The minimum absolute atomic E-state index is 0.00944. The van der Waals surface area contributed by atoms with E-state index in [1.165, 1.54) is 4.90 Å². The van der Waals surface area contributed by atoms with Crippen molar-refractivity contribution >= 4 is 17.8 Å². The van der Waals surface area contributed by atoms with E-state index in [-0.39, 0.29) is 12.6 Å². The lowest BCUT2D eigenvalue weighted by molar-refractivity contribution is 0.249. The molecule has 0 aromatic heterocycles. The summed E-state index contributed by atoms with van der Waals surface area (Å²) in [6.45, 7) is 0.00944. The summed E-state index contributed by atoms with van der Waals surface area (Å²) in [6.07, 6.45) is 3.46. The van der Waals surface area contributed by atoms with Crippen LogP contribution in [-0.2, 0) is 0 Å². The van der Waals surface area contributed by atoms with Gasteiger partial charge in [0, 0.05) is 19.8 Å². The summed E-state index contributed by atoms with van der Waals surface area (Å²) in [7, 11) is 3.29. The van der Waals surface area contributed by atoms with E-state index in [0.717, 1.165) is 11.3 Å². The van der Waals surface area contributed by atoms with Gasteiger partial charge in [-0.25, -0.2) is 4.79 Å². The van der Waals surface area contributed by atoms with Gasteiger partial charge in [-0.2, -0.15) is 0 Å². The molecule has 86 valence electrons. The second kappa shape index (κ2) is 5.92. The molecule has 0 bridgehead atoms. The van der Waals surface area contributed by atoms with Gasteiger partial charge in [0.1, 0.15) is 0 Å². The van der Waals surface area contributed by atoms with Crippen LogP contribution >= 0.6 is 0 Å². The molecule has 1 aromatic rings. The molecule has 0 radical (unpaired) electrons. The summed E-state index contributed by atoms with van der Waals surface area (Å²) in [6, 6.07) is 7.34. The Hall–Kier alpha value is -1.81. The molecule has 4 heteroatoms. The van der Waals surface area contributed by atoms with Crippen LogP contribution in [0.3, 0.4) is 0 Å². The van der Waals surface area contributed by atoms with E-state index in [0.29, 0.717) is 0 Å². The number of aliphatic hydroxyl groups excluding tert-OH is 1. The molecule has 0 fully saturated rings. The highest BCUT2D eigenvalue weighted by molar-refractivity contribution is 5.91. The quantitative estimate of drug-likeness (QED) is 0.810. The molecule has 0 heterocycles. The molecule has 0 atom stereocenters. The van der Waals surface area contributed by atoms with Crippen molar-refractivity contribution in [1.82, 2.24) is 5.32 Å². The van der Waals surface area contributed by atoms with E-state index in [1.54, 1.807) is 26.2 Å². The van der Waals surface area contributed by atoms with Crippen molar-refractivity contribution in [2.45, 2.75) is 0 Å². The Morgan fingerprint density at radius 1 is 1.56 bits per heavy atom. The van der Waals surface area contributed by atoms with Gasteiger partial charge >= 0.3 is 6.03 Å². The number of carbonyl (C=O) groups is 1. The average molecular weight is 220 g/mol. The van der Waals surface area contributed by atoms with Crippen molar-refractivity contribution in [1.29, 1.82) is 0 Å². The lowest BCUT2D eigenvalue weighted by atomic mass is 10.2. The van der Waals surface area contributed by atoms with Crippen LogP contribution in [0.2, 0.25) is 0 Å². The van der Waals surface area contributed by atoms with Gasteiger partial charge in [-0.1, -0.05) is 24.3 Å². The van der Waals surface area contributed by atoms with E-state index >= 15 is 0 Å². The maximum absolute atomic E-state index is 11.4. The Balaban J connectivity index is 2.89. The van der Waals surface area contributed by atoms with Gasteiger partial charge in [0.05, 0.1) is 6.61 Å². The number of nitrogens with one attached hydrogen (secondary N) is 1. The number of nitrogens with zero attached hydrogens (tertiary/aromatic N) is 1. The number of benzene rings is 1. The molecule has 0 saturated heterocycles. The fraction of sp³-hybridized carbons (Fsp3) is 0.250. The Kier molecular flexibility index (Phi) is 4.54. The minimum Gasteiger partial charge on any atom is -0.392 e. The first kappa shape index (κ1) is 12.3. The van der Waals surface area contributed by atoms with E-state index < -0.39 is 0 Å². The molecule has 2 amide bonds. The van der Waals surface area contributed by atoms with E-state index in [2.05, 4.69) is 5.32 Å². The highest BCUT2D eigenvalue weighted by Gasteiger charge is 2.07. The van der Waals surface area contributed by atoms with Crippen LogP contribution in [0.15, 0.2) is 30.3 Å². The maximum atomic E-state index is 11.4. The van der Waals surface area contributed by atoms with Gasteiger partial charge in [-0.15, -0.1) is 0 Å². The number of urea groups is 1. The molecule has 1 aromatic carbocycles. The lowest BCUT2D eigenvalue weighted by Gasteiger charge is -2.16. The summed E-state index contributed by atoms with van der Waals surface area (Å²) in [5.74, 6) is 0. The normalized spacial score (nSPS) is 10.4. The van der Waals surface area contributed by atoms with E-state index in [1.807, 2.05) is 24.3 Å². The number of amides is 2. The number of anilines is 1. The molecule has 4 nitrogen and oxygen atoms in total. The van der Waals surface area contributed by atoms with Crippen molar-refractivity contribution in [3.63, 3.8) is 0 Å². The highest BCUT2D eigenvalue weighted by Crippen LogP contribution is 2.15. The molecular formula is C12H16N2O2. The Morgan fingerprint density at radius 2 is 2.31 bits per heavy atom. The largest absolute Gasteiger partial charge is 0.392 e. The molecule has 16 heavy (non-hydrogen) atoms. The molecule has 0 spiro atoms. The number of aliphatic hydroxyl groups is 1. The number of hydrogen-bond donors (Lipinski definition) is 2. The first-order valence-electron chi connectivity index (χ1n) is 5.02. The lowest BCUT2D eigenvalue weighted by Crippen LogP contribution is -2.34. The second-order valence-corrected chi connectivity index (χ2v) is 3.29. The Bertz CT molecular complexity index is 388. The van der Waals surface area contributed by atoms with Crippen LogP contribution < -0.4 is 10.2 Å². The summed E-state index contributed by atoms with van der Waals surface area (Å²) in [4.78, 5) is 12.9.